The van der Waals surface area contributed by atoms with E-state index in [1.165, 1.54) is 5.56 Å². The second-order valence-electron chi connectivity index (χ2n) is 7.29. The van der Waals surface area contributed by atoms with Crippen molar-refractivity contribution in [3.8, 4) is 23.0 Å². The minimum atomic E-state index is -0.297. The molecule has 2 aromatic carbocycles. The fourth-order valence-electron chi connectivity index (χ4n) is 3.89. The van der Waals surface area contributed by atoms with Crippen LogP contribution >= 0.6 is 0 Å². The third-order valence-electron chi connectivity index (χ3n) is 5.16. The monoisotopic (exact) mass is 336 g/mol. The lowest BCUT2D eigenvalue weighted by Crippen LogP contribution is -2.29. The molecule has 0 saturated heterocycles. The van der Waals surface area contributed by atoms with Gasteiger partial charge in [-0.2, -0.15) is 0 Å². The normalized spacial score (nSPS) is 24.0. The molecule has 0 radical (unpaired) electrons. The highest BCUT2D eigenvalue weighted by Crippen LogP contribution is 2.54. The maximum atomic E-state index is 6.29. The van der Waals surface area contributed by atoms with Crippen LogP contribution in [0.2, 0.25) is 0 Å². The average Bonchev–Trinajstić information content (AvgIpc) is 2.98. The van der Waals surface area contributed by atoms with Gasteiger partial charge in [0, 0.05) is 17.2 Å². The van der Waals surface area contributed by atoms with Crippen molar-refractivity contribution in [1.82, 2.24) is 0 Å². The molecule has 4 nitrogen and oxygen atoms in total. The number of hydrogen-bond acceptors (Lipinski definition) is 4. The van der Waals surface area contributed by atoms with E-state index in [2.05, 4.69) is 24.3 Å². The van der Waals surface area contributed by atoms with Gasteiger partial charge in [-0.15, -0.1) is 0 Å². The standard InChI is InChI=1S/C21H20O4/c1-21(2)9-8-14-17(25-21)7-6-15-19(14)23-11-16-13-5-4-12(22-3)10-18(13)24-20(15)16/h4-10,16,20H,11H2,1-3H3. The summed E-state index contributed by atoms with van der Waals surface area (Å²) in [5, 5.41) is 0. The summed E-state index contributed by atoms with van der Waals surface area (Å²) in [4.78, 5) is 0. The first-order valence-corrected chi connectivity index (χ1v) is 8.58. The van der Waals surface area contributed by atoms with E-state index in [0.717, 1.165) is 34.1 Å². The molecule has 3 heterocycles. The van der Waals surface area contributed by atoms with E-state index in [1.807, 2.05) is 32.0 Å². The highest BCUT2D eigenvalue weighted by atomic mass is 16.5. The molecule has 0 bridgehead atoms. The van der Waals surface area contributed by atoms with Gasteiger partial charge in [0.05, 0.1) is 25.2 Å². The van der Waals surface area contributed by atoms with E-state index in [-0.39, 0.29) is 17.6 Å². The minimum absolute atomic E-state index is 0.0282. The Morgan fingerprint density at radius 1 is 1.08 bits per heavy atom. The number of methoxy groups -OCH3 is 1. The number of ether oxygens (including phenoxy) is 4. The van der Waals surface area contributed by atoms with E-state index >= 15 is 0 Å². The molecule has 3 aliphatic rings. The SMILES string of the molecule is COc1ccc2c(c1)OC1c3ccc4c(c3OCC21)C=CC(C)(C)O4. The van der Waals surface area contributed by atoms with E-state index in [9.17, 15) is 0 Å². The van der Waals surface area contributed by atoms with Gasteiger partial charge in [-0.25, -0.2) is 0 Å². The van der Waals surface area contributed by atoms with E-state index in [1.54, 1.807) is 7.11 Å². The molecule has 0 fully saturated rings. The number of benzene rings is 2. The van der Waals surface area contributed by atoms with Crippen LogP contribution in [0.3, 0.4) is 0 Å². The van der Waals surface area contributed by atoms with E-state index in [0.29, 0.717) is 6.61 Å². The van der Waals surface area contributed by atoms with Crippen molar-refractivity contribution in [2.24, 2.45) is 0 Å². The van der Waals surface area contributed by atoms with Crippen LogP contribution < -0.4 is 18.9 Å². The largest absolute Gasteiger partial charge is 0.497 e. The highest BCUT2D eigenvalue weighted by Gasteiger charge is 2.42. The molecule has 4 heteroatoms. The van der Waals surface area contributed by atoms with Crippen LogP contribution in [0.15, 0.2) is 36.4 Å². The molecule has 5 rings (SSSR count). The maximum Gasteiger partial charge on any atom is 0.138 e. The lowest BCUT2D eigenvalue weighted by atomic mass is 9.87. The van der Waals surface area contributed by atoms with Gasteiger partial charge >= 0.3 is 0 Å². The van der Waals surface area contributed by atoms with Crippen LogP contribution in [-0.2, 0) is 0 Å². The second kappa shape index (κ2) is 4.94. The van der Waals surface area contributed by atoms with Gasteiger partial charge in [-0.3, -0.25) is 0 Å². The van der Waals surface area contributed by atoms with Crippen LogP contribution in [0.1, 0.15) is 42.6 Å². The first-order valence-electron chi connectivity index (χ1n) is 8.58. The summed E-state index contributed by atoms with van der Waals surface area (Å²) in [6, 6.07) is 10.1. The number of hydrogen-bond donors (Lipinski definition) is 0. The average molecular weight is 336 g/mol. The zero-order valence-electron chi connectivity index (χ0n) is 14.5. The summed E-state index contributed by atoms with van der Waals surface area (Å²) in [6.45, 7) is 4.70. The Kier molecular flexibility index (Phi) is 2.91. The Morgan fingerprint density at radius 3 is 2.76 bits per heavy atom. The van der Waals surface area contributed by atoms with E-state index < -0.39 is 0 Å². The molecule has 25 heavy (non-hydrogen) atoms. The van der Waals surface area contributed by atoms with Crippen molar-refractivity contribution in [1.29, 1.82) is 0 Å². The fourth-order valence-corrected chi connectivity index (χ4v) is 3.89. The molecule has 0 aliphatic carbocycles. The first-order chi connectivity index (χ1) is 12.1. The fraction of sp³-hybridized carbons (Fsp3) is 0.333. The Hall–Kier alpha value is -2.62. The predicted octanol–water partition coefficient (Wildman–Crippen LogP) is 4.49. The minimum Gasteiger partial charge on any atom is -0.497 e. The van der Waals surface area contributed by atoms with Gasteiger partial charge in [-0.05, 0) is 44.2 Å². The Bertz CT molecular complexity index is 897. The summed E-state index contributed by atoms with van der Waals surface area (Å²) in [5.74, 6) is 3.64. The zero-order valence-corrected chi connectivity index (χ0v) is 14.5. The third-order valence-corrected chi connectivity index (χ3v) is 5.16. The molecular formula is C21H20O4. The molecular weight excluding hydrogens is 316 g/mol. The quantitative estimate of drug-likeness (QED) is 0.769. The molecule has 0 saturated carbocycles. The Balaban J connectivity index is 1.57. The molecule has 2 unspecified atom stereocenters. The molecule has 3 aliphatic heterocycles. The smallest absolute Gasteiger partial charge is 0.138 e. The van der Waals surface area contributed by atoms with Gasteiger partial charge in [0.25, 0.3) is 0 Å². The summed E-state index contributed by atoms with van der Waals surface area (Å²) in [7, 11) is 1.67. The topological polar surface area (TPSA) is 36.9 Å². The number of rotatable bonds is 1. The van der Waals surface area contributed by atoms with Crippen molar-refractivity contribution < 1.29 is 18.9 Å². The van der Waals surface area contributed by atoms with Crippen LogP contribution in [0.25, 0.3) is 6.08 Å². The van der Waals surface area contributed by atoms with Crippen molar-refractivity contribution in [3.05, 3.63) is 53.1 Å². The molecule has 128 valence electrons. The molecule has 2 aromatic rings. The molecule has 0 spiro atoms. The van der Waals surface area contributed by atoms with Crippen LogP contribution in [0.4, 0.5) is 0 Å². The summed E-state index contributed by atoms with van der Waals surface area (Å²) < 4.78 is 23.8. The van der Waals surface area contributed by atoms with Crippen LogP contribution in [-0.4, -0.2) is 19.3 Å². The predicted molar refractivity (Wildman–Crippen MR) is 94.8 cm³/mol. The Labute approximate surface area is 147 Å². The van der Waals surface area contributed by atoms with Crippen molar-refractivity contribution in [3.63, 3.8) is 0 Å². The molecule has 0 amide bonds. The van der Waals surface area contributed by atoms with Gasteiger partial charge in [0.1, 0.15) is 34.7 Å². The van der Waals surface area contributed by atoms with Gasteiger partial charge in [0.2, 0.25) is 0 Å². The van der Waals surface area contributed by atoms with Crippen molar-refractivity contribution in [2.45, 2.75) is 31.5 Å². The maximum absolute atomic E-state index is 6.29. The zero-order chi connectivity index (χ0) is 17.2. The first kappa shape index (κ1) is 14.7. The second-order valence-corrected chi connectivity index (χ2v) is 7.29. The molecule has 0 N–H and O–H groups in total. The molecule has 0 aromatic heterocycles. The molecule has 2 atom stereocenters. The Morgan fingerprint density at radius 2 is 1.92 bits per heavy atom. The summed E-state index contributed by atoms with van der Waals surface area (Å²) in [5.41, 5.74) is 2.97. The van der Waals surface area contributed by atoms with Crippen LogP contribution in [0.5, 0.6) is 23.0 Å². The summed E-state index contributed by atoms with van der Waals surface area (Å²) >= 11 is 0. The van der Waals surface area contributed by atoms with Crippen molar-refractivity contribution >= 4 is 6.08 Å². The van der Waals surface area contributed by atoms with Gasteiger partial charge in [0.15, 0.2) is 0 Å². The lowest BCUT2D eigenvalue weighted by molar-refractivity contribution is 0.134. The third kappa shape index (κ3) is 2.13. The summed E-state index contributed by atoms with van der Waals surface area (Å²) in [6.07, 6.45) is 4.14. The van der Waals surface area contributed by atoms with Crippen LogP contribution in [0, 0.1) is 0 Å². The van der Waals surface area contributed by atoms with Gasteiger partial charge in [-0.1, -0.05) is 6.07 Å². The lowest BCUT2D eigenvalue weighted by Gasteiger charge is -2.33. The van der Waals surface area contributed by atoms with Gasteiger partial charge < -0.3 is 18.9 Å². The highest BCUT2D eigenvalue weighted by molar-refractivity contribution is 5.70. The van der Waals surface area contributed by atoms with Crippen molar-refractivity contribution in [2.75, 3.05) is 13.7 Å². The van der Waals surface area contributed by atoms with E-state index in [4.69, 9.17) is 18.9 Å². The number of fused-ring (bicyclic) bond motifs is 7.